The molecule has 1 amide bonds. The van der Waals surface area contributed by atoms with Gasteiger partial charge in [-0.05, 0) is 73.7 Å². The molecule has 5 heteroatoms. The second kappa shape index (κ2) is 10.1. The van der Waals surface area contributed by atoms with Crippen molar-refractivity contribution in [2.24, 2.45) is 11.8 Å². The highest BCUT2D eigenvalue weighted by Gasteiger charge is 2.34. The van der Waals surface area contributed by atoms with Crippen LogP contribution in [0, 0.1) is 17.7 Å². The lowest BCUT2D eigenvalue weighted by atomic mass is 9.81. The Bertz CT molecular complexity index is 887. The third kappa shape index (κ3) is 5.53. The van der Waals surface area contributed by atoms with Crippen molar-refractivity contribution in [2.75, 3.05) is 26.7 Å². The highest BCUT2D eigenvalue weighted by atomic mass is 19.1. The Hall–Kier alpha value is -2.66. The van der Waals surface area contributed by atoms with Crippen LogP contribution in [0.1, 0.15) is 30.4 Å². The molecule has 0 unspecified atom stereocenters. The molecular formula is C26H31FN2O2. The van der Waals surface area contributed by atoms with Crippen molar-refractivity contribution in [1.82, 2.24) is 9.80 Å². The van der Waals surface area contributed by atoms with Crippen LogP contribution in [0.25, 0.3) is 0 Å². The van der Waals surface area contributed by atoms with E-state index in [0.717, 1.165) is 50.2 Å². The van der Waals surface area contributed by atoms with Crippen molar-refractivity contribution in [3.8, 4) is 5.75 Å². The predicted octanol–water partition coefficient (Wildman–Crippen LogP) is 4.65. The number of amides is 1. The number of ether oxygens (including phenoxy) is 1. The van der Waals surface area contributed by atoms with E-state index in [9.17, 15) is 9.18 Å². The molecule has 2 aromatic carbocycles. The van der Waals surface area contributed by atoms with Crippen LogP contribution in [0.15, 0.2) is 60.7 Å². The summed E-state index contributed by atoms with van der Waals surface area (Å²) < 4.78 is 18.5. The van der Waals surface area contributed by atoms with Crippen LogP contribution >= 0.6 is 0 Å². The largest absolute Gasteiger partial charge is 0.497 e. The maximum atomic E-state index is 13.3. The number of methoxy groups -OCH3 is 1. The summed E-state index contributed by atoms with van der Waals surface area (Å²) in [7, 11) is 1.69. The number of benzene rings is 2. The van der Waals surface area contributed by atoms with Gasteiger partial charge in [0.25, 0.3) is 0 Å². The molecule has 0 aromatic heterocycles. The van der Waals surface area contributed by atoms with Crippen LogP contribution in [0.2, 0.25) is 0 Å². The van der Waals surface area contributed by atoms with Crippen molar-refractivity contribution < 1.29 is 13.9 Å². The topological polar surface area (TPSA) is 32.8 Å². The zero-order chi connectivity index (χ0) is 21.6. The first kappa shape index (κ1) is 21.6. The summed E-state index contributed by atoms with van der Waals surface area (Å²) in [5.41, 5.74) is 2.26. The van der Waals surface area contributed by atoms with Gasteiger partial charge in [-0.2, -0.15) is 0 Å². The van der Waals surface area contributed by atoms with E-state index < -0.39 is 0 Å². The van der Waals surface area contributed by atoms with Gasteiger partial charge < -0.3 is 9.64 Å². The number of hydrogen-bond acceptors (Lipinski definition) is 3. The van der Waals surface area contributed by atoms with Gasteiger partial charge >= 0.3 is 0 Å². The van der Waals surface area contributed by atoms with Crippen molar-refractivity contribution in [2.45, 2.75) is 32.4 Å². The van der Waals surface area contributed by atoms with Crippen LogP contribution in [-0.4, -0.2) is 42.5 Å². The first-order chi connectivity index (χ1) is 15.1. The van der Waals surface area contributed by atoms with Gasteiger partial charge in [0.05, 0.1) is 7.11 Å². The average molecular weight is 423 g/mol. The molecule has 0 radical (unpaired) electrons. The molecule has 4 nitrogen and oxygen atoms in total. The standard InChI is InChI=1S/C26H31FN2O2/c1-31-24-11-7-20(8-12-24)18-28-16-13-22(14-17-28)25-4-2-3-15-29(26(25)30)19-21-5-9-23(27)10-6-21/h2-3,5-12,22,25H,4,13-19H2,1H3/t25-/m0/s1. The third-order valence-electron chi connectivity index (χ3n) is 6.56. The minimum absolute atomic E-state index is 0.0438. The van der Waals surface area contributed by atoms with Crippen molar-refractivity contribution in [3.63, 3.8) is 0 Å². The summed E-state index contributed by atoms with van der Waals surface area (Å²) in [6.45, 7) is 4.13. The van der Waals surface area contributed by atoms with Crippen LogP contribution < -0.4 is 4.74 Å². The zero-order valence-corrected chi connectivity index (χ0v) is 18.2. The Morgan fingerprint density at radius 2 is 1.58 bits per heavy atom. The second-order valence-corrected chi connectivity index (χ2v) is 8.62. The van der Waals surface area contributed by atoms with Crippen LogP contribution in [0.5, 0.6) is 5.75 Å². The molecule has 164 valence electrons. The molecule has 31 heavy (non-hydrogen) atoms. The maximum absolute atomic E-state index is 13.3. The number of carbonyl (C=O) groups excluding carboxylic acids is 1. The van der Waals surface area contributed by atoms with Gasteiger partial charge in [-0.15, -0.1) is 0 Å². The minimum Gasteiger partial charge on any atom is -0.497 e. The lowest BCUT2D eigenvalue weighted by Crippen LogP contribution is -2.42. The first-order valence-electron chi connectivity index (χ1n) is 11.2. The molecule has 2 heterocycles. The Morgan fingerprint density at radius 3 is 2.26 bits per heavy atom. The van der Waals surface area contributed by atoms with Crippen molar-refractivity contribution in [1.29, 1.82) is 0 Å². The van der Waals surface area contributed by atoms with E-state index in [1.165, 1.54) is 17.7 Å². The quantitative estimate of drug-likeness (QED) is 0.635. The van der Waals surface area contributed by atoms with Crippen LogP contribution in [-0.2, 0) is 17.9 Å². The first-order valence-corrected chi connectivity index (χ1v) is 11.2. The fraction of sp³-hybridized carbons (Fsp3) is 0.423. The van der Waals surface area contributed by atoms with Gasteiger partial charge in [0.15, 0.2) is 0 Å². The molecule has 0 saturated carbocycles. The number of carbonyl (C=O) groups is 1. The van der Waals surface area contributed by atoms with E-state index in [1.807, 2.05) is 17.0 Å². The summed E-state index contributed by atoms with van der Waals surface area (Å²) in [6.07, 6.45) is 7.18. The van der Waals surface area contributed by atoms with Crippen molar-refractivity contribution in [3.05, 3.63) is 77.6 Å². The highest BCUT2D eigenvalue weighted by Crippen LogP contribution is 2.31. The summed E-state index contributed by atoms with van der Waals surface area (Å²) in [4.78, 5) is 17.7. The molecule has 0 spiro atoms. The fourth-order valence-electron chi connectivity index (χ4n) is 4.72. The summed E-state index contributed by atoms with van der Waals surface area (Å²) in [6, 6.07) is 14.7. The lowest BCUT2D eigenvalue weighted by molar-refractivity contribution is -0.137. The second-order valence-electron chi connectivity index (χ2n) is 8.62. The van der Waals surface area contributed by atoms with Gasteiger partial charge in [0, 0.05) is 25.6 Å². The molecular weight excluding hydrogens is 391 g/mol. The number of hydrogen-bond donors (Lipinski definition) is 0. The van der Waals surface area contributed by atoms with Gasteiger partial charge in [0.2, 0.25) is 5.91 Å². The van der Waals surface area contributed by atoms with Crippen LogP contribution in [0.4, 0.5) is 4.39 Å². The third-order valence-corrected chi connectivity index (χ3v) is 6.56. The van der Waals surface area contributed by atoms with E-state index in [2.05, 4.69) is 29.2 Å². The number of piperidine rings is 1. The fourth-order valence-corrected chi connectivity index (χ4v) is 4.72. The van der Waals surface area contributed by atoms with Crippen molar-refractivity contribution >= 4 is 5.91 Å². The van der Waals surface area contributed by atoms with E-state index >= 15 is 0 Å². The number of nitrogens with zero attached hydrogens (tertiary/aromatic N) is 2. The summed E-state index contributed by atoms with van der Waals surface area (Å²) in [5, 5.41) is 0. The van der Waals surface area contributed by atoms with E-state index in [-0.39, 0.29) is 17.6 Å². The number of allylic oxidation sites excluding steroid dienone is 1. The number of rotatable bonds is 6. The summed E-state index contributed by atoms with van der Waals surface area (Å²) in [5.74, 6) is 1.33. The van der Waals surface area contributed by atoms with E-state index in [4.69, 9.17) is 4.74 Å². The highest BCUT2D eigenvalue weighted by molar-refractivity contribution is 5.80. The monoisotopic (exact) mass is 422 g/mol. The Kier molecular flexibility index (Phi) is 7.03. The Labute approximate surface area is 184 Å². The summed E-state index contributed by atoms with van der Waals surface area (Å²) >= 11 is 0. The Morgan fingerprint density at radius 1 is 0.935 bits per heavy atom. The lowest BCUT2D eigenvalue weighted by Gasteiger charge is -2.36. The molecule has 0 bridgehead atoms. The molecule has 2 aliphatic rings. The van der Waals surface area contributed by atoms with Gasteiger partial charge in [-0.3, -0.25) is 9.69 Å². The molecule has 2 aliphatic heterocycles. The molecule has 2 aromatic rings. The van der Waals surface area contributed by atoms with E-state index in [1.54, 1.807) is 19.2 Å². The van der Waals surface area contributed by atoms with E-state index in [0.29, 0.717) is 19.0 Å². The SMILES string of the molecule is COc1ccc(CN2CCC([C@@H]3CC=CCN(Cc4ccc(F)cc4)C3=O)CC2)cc1. The Balaban J connectivity index is 1.33. The smallest absolute Gasteiger partial charge is 0.226 e. The maximum Gasteiger partial charge on any atom is 0.226 e. The molecule has 1 saturated heterocycles. The molecule has 1 atom stereocenters. The zero-order valence-electron chi connectivity index (χ0n) is 18.2. The average Bonchev–Trinajstić information content (AvgIpc) is 2.98. The number of likely N-dealkylation sites (tertiary alicyclic amines) is 1. The molecule has 0 N–H and O–H groups in total. The van der Waals surface area contributed by atoms with Crippen LogP contribution in [0.3, 0.4) is 0 Å². The minimum atomic E-state index is -0.245. The van der Waals surface area contributed by atoms with Gasteiger partial charge in [0.1, 0.15) is 11.6 Å². The number of halogens is 1. The van der Waals surface area contributed by atoms with Gasteiger partial charge in [-0.1, -0.05) is 36.4 Å². The van der Waals surface area contributed by atoms with Gasteiger partial charge in [-0.25, -0.2) is 4.39 Å². The molecule has 4 rings (SSSR count). The molecule has 1 fully saturated rings. The normalized spacial score (nSPS) is 20.6. The molecule has 0 aliphatic carbocycles. The predicted molar refractivity (Wildman–Crippen MR) is 120 cm³/mol.